The lowest BCUT2D eigenvalue weighted by molar-refractivity contribution is 0.0946. The molecule has 1 atom stereocenters. The zero-order valence-electron chi connectivity index (χ0n) is 15.1. The summed E-state index contributed by atoms with van der Waals surface area (Å²) in [5.41, 5.74) is 2.87. The Morgan fingerprint density at radius 3 is 2.65 bits per heavy atom. The molecule has 1 saturated heterocycles. The van der Waals surface area contributed by atoms with Crippen molar-refractivity contribution in [2.24, 2.45) is 5.92 Å². The van der Waals surface area contributed by atoms with Crippen LogP contribution in [0.3, 0.4) is 0 Å². The molecule has 2 aliphatic carbocycles. The lowest BCUT2D eigenvalue weighted by Gasteiger charge is -2.15. The second kappa shape index (κ2) is 6.54. The van der Waals surface area contributed by atoms with Crippen molar-refractivity contribution in [2.45, 2.75) is 44.1 Å². The topological polar surface area (TPSA) is 50.2 Å². The third-order valence-corrected chi connectivity index (χ3v) is 5.95. The van der Waals surface area contributed by atoms with Crippen LogP contribution in [-0.4, -0.2) is 46.3 Å². The molecule has 1 unspecified atom stereocenters. The van der Waals surface area contributed by atoms with Gasteiger partial charge in [0.2, 0.25) is 0 Å². The van der Waals surface area contributed by atoms with Crippen molar-refractivity contribution in [1.29, 1.82) is 0 Å². The first-order valence-electron chi connectivity index (χ1n) is 9.95. The normalized spacial score (nSPS) is 23.3. The molecule has 5 nitrogen and oxygen atoms in total. The van der Waals surface area contributed by atoms with Gasteiger partial charge in [0.15, 0.2) is 0 Å². The first-order valence-corrected chi connectivity index (χ1v) is 9.95. The minimum atomic E-state index is 0.0407. The summed E-state index contributed by atoms with van der Waals surface area (Å²) in [6.07, 6.45) is 7.98. The molecule has 3 fully saturated rings. The van der Waals surface area contributed by atoms with Crippen LogP contribution in [0.4, 0.5) is 0 Å². The van der Waals surface area contributed by atoms with E-state index in [0.717, 1.165) is 48.9 Å². The molecule has 5 rings (SSSR count). The van der Waals surface area contributed by atoms with E-state index in [2.05, 4.69) is 15.3 Å². The molecule has 1 N–H and O–H groups in total. The van der Waals surface area contributed by atoms with Crippen LogP contribution in [0.5, 0.6) is 0 Å². The zero-order valence-corrected chi connectivity index (χ0v) is 15.1. The Hall–Kier alpha value is -2.14. The molecular formula is C21H26N4O. The summed E-state index contributed by atoms with van der Waals surface area (Å²) in [6.45, 7) is 3.12. The first-order chi connectivity index (χ1) is 12.8. The summed E-state index contributed by atoms with van der Waals surface area (Å²) in [5, 5.41) is 7.73. The van der Waals surface area contributed by atoms with E-state index in [-0.39, 0.29) is 5.91 Å². The summed E-state index contributed by atoms with van der Waals surface area (Å²) in [7, 11) is 0. The molecule has 1 aromatic heterocycles. The Morgan fingerprint density at radius 1 is 1.12 bits per heavy atom. The Balaban J connectivity index is 1.29. The highest BCUT2D eigenvalue weighted by atomic mass is 16.1. The van der Waals surface area contributed by atoms with Crippen molar-refractivity contribution in [1.82, 2.24) is 20.0 Å². The van der Waals surface area contributed by atoms with E-state index in [1.165, 1.54) is 25.8 Å². The lowest BCUT2D eigenvalue weighted by Crippen LogP contribution is -2.31. The van der Waals surface area contributed by atoms with Crippen LogP contribution in [0, 0.1) is 5.92 Å². The quantitative estimate of drug-likeness (QED) is 0.871. The van der Waals surface area contributed by atoms with E-state index in [0.29, 0.717) is 11.8 Å². The molecule has 0 radical (unpaired) electrons. The van der Waals surface area contributed by atoms with Crippen molar-refractivity contribution in [2.75, 3.05) is 19.6 Å². The van der Waals surface area contributed by atoms with Crippen LogP contribution in [0.15, 0.2) is 36.5 Å². The Kier molecular flexibility index (Phi) is 4.04. The van der Waals surface area contributed by atoms with Gasteiger partial charge in [0, 0.05) is 25.0 Å². The number of likely N-dealkylation sites (tertiary alicyclic amines) is 1. The van der Waals surface area contributed by atoms with Crippen LogP contribution in [0.25, 0.3) is 5.69 Å². The molecule has 1 amide bonds. The van der Waals surface area contributed by atoms with E-state index in [9.17, 15) is 4.79 Å². The molecule has 2 heterocycles. The molecular weight excluding hydrogens is 324 g/mol. The first kappa shape index (κ1) is 16.1. The van der Waals surface area contributed by atoms with E-state index >= 15 is 0 Å². The largest absolute Gasteiger partial charge is 0.352 e. The van der Waals surface area contributed by atoms with E-state index in [1.807, 2.05) is 35.0 Å². The average molecular weight is 350 g/mol. The van der Waals surface area contributed by atoms with Gasteiger partial charge in [0.25, 0.3) is 5.91 Å². The van der Waals surface area contributed by atoms with Crippen molar-refractivity contribution in [3.63, 3.8) is 0 Å². The zero-order chi connectivity index (χ0) is 17.5. The molecule has 0 bridgehead atoms. The number of aromatic nitrogens is 2. The third kappa shape index (κ3) is 3.16. The van der Waals surface area contributed by atoms with Gasteiger partial charge in [0.05, 0.1) is 23.1 Å². The minimum absolute atomic E-state index is 0.0407. The van der Waals surface area contributed by atoms with E-state index in [4.69, 9.17) is 0 Å². The SMILES string of the molecule is O=C(NCC1CCN(C2CC2)C1)c1cnn(-c2ccccc2)c1C1CC1. The highest BCUT2D eigenvalue weighted by molar-refractivity contribution is 5.95. The van der Waals surface area contributed by atoms with E-state index in [1.54, 1.807) is 6.20 Å². The number of benzene rings is 1. The number of carbonyl (C=O) groups excluding carboxylic acids is 1. The van der Waals surface area contributed by atoms with Crippen LogP contribution >= 0.6 is 0 Å². The number of hydrogen-bond donors (Lipinski definition) is 1. The summed E-state index contributed by atoms with van der Waals surface area (Å²) >= 11 is 0. The van der Waals surface area contributed by atoms with Gasteiger partial charge in [-0.15, -0.1) is 0 Å². The molecule has 0 spiro atoms. The van der Waals surface area contributed by atoms with Gasteiger partial charge in [-0.25, -0.2) is 4.68 Å². The van der Waals surface area contributed by atoms with Crippen molar-refractivity contribution in [3.8, 4) is 5.69 Å². The minimum Gasteiger partial charge on any atom is -0.352 e. The summed E-state index contributed by atoms with van der Waals surface area (Å²) in [6, 6.07) is 11.0. The van der Waals surface area contributed by atoms with Crippen molar-refractivity contribution in [3.05, 3.63) is 47.8 Å². The van der Waals surface area contributed by atoms with Crippen molar-refractivity contribution >= 4 is 5.91 Å². The van der Waals surface area contributed by atoms with Gasteiger partial charge in [-0.1, -0.05) is 18.2 Å². The highest BCUT2D eigenvalue weighted by Crippen LogP contribution is 2.42. The Bertz CT molecular complexity index is 792. The second-order valence-electron chi connectivity index (χ2n) is 8.06. The highest BCUT2D eigenvalue weighted by Gasteiger charge is 2.35. The maximum Gasteiger partial charge on any atom is 0.254 e. The predicted octanol–water partition coefficient (Wildman–Crippen LogP) is 2.96. The van der Waals surface area contributed by atoms with E-state index < -0.39 is 0 Å². The molecule has 136 valence electrons. The van der Waals surface area contributed by atoms with Crippen LogP contribution in [0.1, 0.15) is 54.1 Å². The third-order valence-electron chi connectivity index (χ3n) is 5.95. The number of amides is 1. The number of nitrogens with zero attached hydrogens (tertiary/aromatic N) is 3. The van der Waals surface area contributed by atoms with Gasteiger partial charge in [-0.05, 0) is 56.7 Å². The lowest BCUT2D eigenvalue weighted by atomic mass is 10.1. The van der Waals surface area contributed by atoms with Gasteiger partial charge < -0.3 is 10.2 Å². The summed E-state index contributed by atoms with van der Waals surface area (Å²) < 4.78 is 1.96. The van der Waals surface area contributed by atoms with Crippen LogP contribution in [-0.2, 0) is 0 Å². The monoisotopic (exact) mass is 350 g/mol. The van der Waals surface area contributed by atoms with Gasteiger partial charge in [-0.2, -0.15) is 5.10 Å². The molecule has 1 aliphatic heterocycles. The smallest absolute Gasteiger partial charge is 0.254 e. The number of nitrogens with one attached hydrogen (secondary N) is 1. The molecule has 26 heavy (non-hydrogen) atoms. The Labute approximate surface area is 154 Å². The van der Waals surface area contributed by atoms with Crippen LogP contribution in [0.2, 0.25) is 0 Å². The number of hydrogen-bond acceptors (Lipinski definition) is 3. The maximum atomic E-state index is 12.8. The van der Waals surface area contributed by atoms with Gasteiger partial charge in [0.1, 0.15) is 0 Å². The average Bonchev–Trinajstić information content (AvgIpc) is 3.61. The number of para-hydroxylation sites is 1. The number of carbonyl (C=O) groups is 1. The predicted molar refractivity (Wildman–Crippen MR) is 101 cm³/mol. The standard InChI is InChI=1S/C21H26N4O/c26-21(22-12-15-10-11-24(14-15)17-8-9-17)19-13-23-25(20(19)16-6-7-16)18-4-2-1-3-5-18/h1-5,13,15-17H,6-12,14H2,(H,22,26). The van der Waals surface area contributed by atoms with Gasteiger partial charge in [-0.3, -0.25) is 4.79 Å². The van der Waals surface area contributed by atoms with Gasteiger partial charge >= 0.3 is 0 Å². The fourth-order valence-electron chi connectivity index (χ4n) is 4.19. The molecule has 2 aromatic rings. The molecule has 5 heteroatoms. The second-order valence-corrected chi connectivity index (χ2v) is 8.06. The van der Waals surface area contributed by atoms with Crippen LogP contribution < -0.4 is 5.32 Å². The summed E-state index contributed by atoms with van der Waals surface area (Å²) in [5.74, 6) is 1.10. The maximum absolute atomic E-state index is 12.8. The fraction of sp³-hybridized carbons (Fsp3) is 0.524. The van der Waals surface area contributed by atoms with Crippen molar-refractivity contribution < 1.29 is 4.79 Å². The Morgan fingerprint density at radius 2 is 1.92 bits per heavy atom. The summed E-state index contributed by atoms with van der Waals surface area (Å²) in [4.78, 5) is 15.4. The fourth-order valence-corrected chi connectivity index (χ4v) is 4.19. The number of rotatable bonds is 6. The molecule has 1 aromatic carbocycles. The molecule has 2 saturated carbocycles. The molecule has 3 aliphatic rings.